The molecule has 3 aromatic rings. The van der Waals surface area contributed by atoms with Gasteiger partial charge in [0.25, 0.3) is 0 Å². The van der Waals surface area contributed by atoms with Crippen LogP contribution >= 0.6 is 11.3 Å². The lowest BCUT2D eigenvalue weighted by Crippen LogP contribution is -2.00. The first kappa shape index (κ1) is 12.6. The van der Waals surface area contributed by atoms with Gasteiger partial charge in [-0.25, -0.2) is 4.98 Å². The Morgan fingerprint density at radius 1 is 1.20 bits per heavy atom. The van der Waals surface area contributed by atoms with E-state index in [0.29, 0.717) is 11.3 Å². The van der Waals surface area contributed by atoms with Crippen molar-refractivity contribution in [2.24, 2.45) is 0 Å². The molecule has 0 fully saturated rings. The summed E-state index contributed by atoms with van der Waals surface area (Å²) in [6.45, 7) is 1.51. The zero-order chi connectivity index (χ0) is 14.1. The molecule has 2 aromatic carbocycles. The Balaban J connectivity index is 1.90. The van der Waals surface area contributed by atoms with Crippen molar-refractivity contribution in [3.05, 3.63) is 47.5 Å². The van der Waals surface area contributed by atoms with Gasteiger partial charge in [0.2, 0.25) is 0 Å². The number of rotatable bonds is 3. The van der Waals surface area contributed by atoms with E-state index in [2.05, 4.69) is 10.3 Å². The maximum atomic E-state index is 11.3. The minimum absolute atomic E-state index is 0.0277. The van der Waals surface area contributed by atoms with Crippen LogP contribution in [-0.4, -0.2) is 10.8 Å². The number of nitrogens with two attached hydrogens (primary N) is 1. The molecule has 0 radical (unpaired) electrons. The van der Waals surface area contributed by atoms with Crippen LogP contribution in [0, 0.1) is 0 Å². The number of carbonyl (C=O) groups excluding carboxylic acids is 1. The number of hydrogen-bond donors (Lipinski definition) is 2. The Kier molecular flexibility index (Phi) is 3.12. The number of carbonyl (C=O) groups is 1. The lowest BCUT2D eigenvalue weighted by Gasteiger charge is -2.09. The van der Waals surface area contributed by atoms with Crippen LogP contribution in [0.15, 0.2) is 41.9 Å². The maximum Gasteiger partial charge on any atom is 0.161 e. The third kappa shape index (κ3) is 2.35. The number of fused-ring (bicyclic) bond motifs is 1. The molecule has 1 aromatic heterocycles. The molecule has 100 valence electrons. The van der Waals surface area contributed by atoms with Crippen LogP contribution in [0.25, 0.3) is 10.2 Å². The van der Waals surface area contributed by atoms with Crippen LogP contribution in [0.4, 0.5) is 17.1 Å². The van der Waals surface area contributed by atoms with Crippen molar-refractivity contribution in [3.8, 4) is 0 Å². The summed E-state index contributed by atoms with van der Waals surface area (Å²) in [5.74, 6) is -0.0277. The van der Waals surface area contributed by atoms with Gasteiger partial charge < -0.3 is 11.1 Å². The zero-order valence-electron chi connectivity index (χ0n) is 10.9. The second kappa shape index (κ2) is 4.94. The number of nitrogen functional groups attached to an aromatic ring is 1. The lowest BCUT2D eigenvalue weighted by molar-refractivity contribution is 0.101. The van der Waals surface area contributed by atoms with Crippen molar-refractivity contribution in [2.75, 3.05) is 11.1 Å². The third-order valence-corrected chi connectivity index (χ3v) is 3.84. The lowest BCUT2D eigenvalue weighted by atomic mass is 10.1. The number of nitrogens with one attached hydrogen (secondary N) is 1. The molecule has 3 N–H and O–H groups in total. The number of thiazole rings is 1. The number of aromatic nitrogens is 1. The highest BCUT2D eigenvalue weighted by Crippen LogP contribution is 2.26. The topological polar surface area (TPSA) is 68.0 Å². The average Bonchev–Trinajstić information content (AvgIpc) is 2.85. The summed E-state index contributed by atoms with van der Waals surface area (Å²) in [7, 11) is 0. The Morgan fingerprint density at radius 3 is 2.70 bits per heavy atom. The minimum atomic E-state index is -0.0277. The number of anilines is 3. The van der Waals surface area contributed by atoms with Crippen LogP contribution in [-0.2, 0) is 0 Å². The second-order valence-electron chi connectivity index (χ2n) is 4.52. The van der Waals surface area contributed by atoms with Crippen molar-refractivity contribution in [3.63, 3.8) is 0 Å². The molecular weight excluding hydrogens is 270 g/mol. The summed E-state index contributed by atoms with van der Waals surface area (Å²) in [5, 5.41) is 3.28. The molecule has 0 saturated carbocycles. The monoisotopic (exact) mass is 283 g/mol. The van der Waals surface area contributed by atoms with E-state index in [1.54, 1.807) is 23.5 Å². The van der Waals surface area contributed by atoms with Crippen LogP contribution in [0.5, 0.6) is 0 Å². The molecule has 0 unspecified atom stereocenters. The first-order valence-electron chi connectivity index (χ1n) is 6.14. The minimum Gasteiger partial charge on any atom is -0.398 e. The second-order valence-corrected chi connectivity index (χ2v) is 5.40. The number of benzene rings is 2. The smallest absolute Gasteiger partial charge is 0.161 e. The van der Waals surface area contributed by atoms with Crippen LogP contribution in [0.3, 0.4) is 0 Å². The Hall–Kier alpha value is -2.40. The fourth-order valence-corrected chi connectivity index (χ4v) is 2.78. The van der Waals surface area contributed by atoms with E-state index < -0.39 is 0 Å². The van der Waals surface area contributed by atoms with Crippen molar-refractivity contribution in [1.29, 1.82) is 0 Å². The number of Topliss-reactive ketones (excluding diaryl/α,β-unsaturated/α-hetero) is 1. The van der Waals surface area contributed by atoms with E-state index in [-0.39, 0.29) is 5.78 Å². The van der Waals surface area contributed by atoms with Crippen molar-refractivity contribution in [1.82, 2.24) is 4.98 Å². The highest BCUT2D eigenvalue weighted by atomic mass is 32.1. The molecule has 0 spiro atoms. The molecule has 0 aliphatic carbocycles. The van der Waals surface area contributed by atoms with Crippen molar-refractivity contribution >= 4 is 44.4 Å². The molecule has 3 rings (SSSR count). The van der Waals surface area contributed by atoms with Crippen molar-refractivity contribution in [2.45, 2.75) is 6.92 Å². The van der Waals surface area contributed by atoms with E-state index in [4.69, 9.17) is 5.73 Å². The van der Waals surface area contributed by atoms with Gasteiger partial charge in [-0.05, 0) is 43.3 Å². The average molecular weight is 283 g/mol. The van der Waals surface area contributed by atoms with E-state index in [9.17, 15) is 4.79 Å². The normalized spacial score (nSPS) is 10.7. The predicted molar refractivity (Wildman–Crippen MR) is 83.8 cm³/mol. The van der Waals surface area contributed by atoms with Gasteiger partial charge >= 0.3 is 0 Å². The Labute approximate surface area is 120 Å². The zero-order valence-corrected chi connectivity index (χ0v) is 11.7. The third-order valence-electron chi connectivity index (χ3n) is 3.05. The Morgan fingerprint density at radius 2 is 1.95 bits per heavy atom. The summed E-state index contributed by atoms with van der Waals surface area (Å²) in [5.41, 5.74) is 11.6. The summed E-state index contributed by atoms with van der Waals surface area (Å²) < 4.78 is 1.13. The summed E-state index contributed by atoms with van der Waals surface area (Å²) in [4.78, 5) is 15.6. The molecule has 0 amide bonds. The number of nitrogens with zero attached hydrogens (tertiary/aromatic N) is 1. The van der Waals surface area contributed by atoms with Gasteiger partial charge in [-0.2, -0.15) is 0 Å². The largest absolute Gasteiger partial charge is 0.398 e. The SMILES string of the molecule is CC(=O)c1ccc(Nc2ccc3ncsc3c2)cc1N. The summed E-state index contributed by atoms with van der Waals surface area (Å²) >= 11 is 1.60. The Bertz CT molecular complexity index is 795. The predicted octanol–water partition coefficient (Wildman–Crippen LogP) is 3.82. The van der Waals surface area contributed by atoms with Gasteiger partial charge in [-0.3, -0.25) is 4.79 Å². The summed E-state index contributed by atoms with van der Waals surface area (Å²) in [6, 6.07) is 11.4. The number of hydrogen-bond acceptors (Lipinski definition) is 5. The highest BCUT2D eigenvalue weighted by molar-refractivity contribution is 7.16. The first-order valence-corrected chi connectivity index (χ1v) is 7.02. The van der Waals surface area contributed by atoms with Crippen LogP contribution < -0.4 is 11.1 Å². The first-order chi connectivity index (χ1) is 9.63. The molecule has 20 heavy (non-hydrogen) atoms. The van der Waals surface area contributed by atoms with E-state index in [1.165, 1.54) is 6.92 Å². The fraction of sp³-hybridized carbons (Fsp3) is 0.0667. The van der Waals surface area contributed by atoms with Crippen LogP contribution in [0.1, 0.15) is 17.3 Å². The quantitative estimate of drug-likeness (QED) is 0.566. The molecule has 0 aliphatic heterocycles. The highest BCUT2D eigenvalue weighted by Gasteiger charge is 2.06. The molecule has 0 saturated heterocycles. The fourth-order valence-electron chi connectivity index (χ4n) is 2.06. The van der Waals surface area contributed by atoms with Gasteiger partial charge in [0.05, 0.1) is 15.7 Å². The van der Waals surface area contributed by atoms with E-state index >= 15 is 0 Å². The molecule has 0 bridgehead atoms. The standard InChI is InChI=1S/C15H13N3OS/c1-9(19)12-4-2-10(6-13(12)16)18-11-3-5-14-15(7-11)20-8-17-14/h2-8,18H,16H2,1H3. The molecule has 5 heteroatoms. The van der Waals surface area contributed by atoms with Gasteiger partial charge in [0.1, 0.15) is 0 Å². The van der Waals surface area contributed by atoms with E-state index in [1.807, 2.05) is 29.8 Å². The molecular formula is C15H13N3OS. The molecule has 1 heterocycles. The van der Waals surface area contributed by atoms with Gasteiger partial charge in [0.15, 0.2) is 5.78 Å². The van der Waals surface area contributed by atoms with Gasteiger partial charge in [0, 0.05) is 22.6 Å². The van der Waals surface area contributed by atoms with Crippen molar-refractivity contribution < 1.29 is 4.79 Å². The molecule has 0 atom stereocenters. The maximum absolute atomic E-state index is 11.3. The summed E-state index contributed by atoms with van der Waals surface area (Å²) in [6.07, 6.45) is 0. The molecule has 4 nitrogen and oxygen atoms in total. The van der Waals surface area contributed by atoms with Gasteiger partial charge in [-0.15, -0.1) is 11.3 Å². The number of ketones is 1. The van der Waals surface area contributed by atoms with Crippen LogP contribution in [0.2, 0.25) is 0 Å². The molecule has 0 aliphatic rings. The van der Waals surface area contributed by atoms with E-state index in [0.717, 1.165) is 21.6 Å². The van der Waals surface area contributed by atoms with Gasteiger partial charge in [-0.1, -0.05) is 0 Å².